The summed E-state index contributed by atoms with van der Waals surface area (Å²) >= 11 is 0. The third-order valence-electron chi connectivity index (χ3n) is 3.95. The Bertz CT molecular complexity index is 985. The van der Waals surface area contributed by atoms with Crippen LogP contribution < -0.4 is 9.47 Å². The maximum absolute atomic E-state index is 10.9. The van der Waals surface area contributed by atoms with E-state index in [0.717, 1.165) is 11.1 Å². The summed E-state index contributed by atoms with van der Waals surface area (Å²) in [5.41, 5.74) is 2.66. The van der Waals surface area contributed by atoms with Crippen LogP contribution in [0.3, 0.4) is 0 Å². The normalized spacial score (nSPS) is 10.7. The van der Waals surface area contributed by atoms with E-state index in [0.29, 0.717) is 22.9 Å². The molecule has 7 heteroatoms. The number of nitrogens with zero attached hydrogens (tertiary/aromatic N) is 3. The minimum Gasteiger partial charge on any atom is -0.494 e. The van der Waals surface area contributed by atoms with Crippen molar-refractivity contribution in [3.05, 3.63) is 76.8 Å². The number of nitro benzene ring substituents is 1. The quantitative estimate of drug-likeness (QED) is 0.319. The molecule has 3 aromatic rings. The second-order valence-electron chi connectivity index (χ2n) is 5.53. The van der Waals surface area contributed by atoms with E-state index in [1.54, 1.807) is 44.6 Å². The zero-order valence-electron chi connectivity index (χ0n) is 14.8. The van der Waals surface area contributed by atoms with E-state index in [4.69, 9.17) is 9.47 Å². The number of nitro groups is 1. The molecule has 0 aliphatic heterocycles. The summed E-state index contributed by atoms with van der Waals surface area (Å²) in [6, 6.07) is 19.0. The minimum atomic E-state index is -0.433. The Morgan fingerprint density at radius 3 is 2.15 bits per heavy atom. The Morgan fingerprint density at radius 2 is 1.48 bits per heavy atom. The number of hydrogen-bond donors (Lipinski definition) is 0. The molecule has 0 saturated heterocycles. The number of hydrogen-bond acceptors (Lipinski definition) is 6. The number of methoxy groups -OCH3 is 2. The second kappa shape index (κ2) is 8.09. The van der Waals surface area contributed by atoms with Crippen LogP contribution in [0.25, 0.3) is 11.1 Å². The summed E-state index contributed by atoms with van der Waals surface area (Å²) in [7, 11) is 3.12. The first-order valence-electron chi connectivity index (χ1n) is 8.10. The van der Waals surface area contributed by atoms with Gasteiger partial charge in [-0.05, 0) is 35.9 Å². The summed E-state index contributed by atoms with van der Waals surface area (Å²) in [6.07, 6.45) is 0. The van der Waals surface area contributed by atoms with Gasteiger partial charge in [0.25, 0.3) is 5.69 Å². The molecule has 136 valence electrons. The lowest BCUT2D eigenvalue weighted by molar-refractivity contribution is -0.384. The lowest BCUT2D eigenvalue weighted by Gasteiger charge is -2.10. The third kappa shape index (κ3) is 3.92. The van der Waals surface area contributed by atoms with Gasteiger partial charge in [0.05, 0.1) is 19.1 Å². The number of non-ortho nitro benzene ring substituents is 1. The molecule has 0 radical (unpaired) electrons. The van der Waals surface area contributed by atoms with Crippen molar-refractivity contribution in [2.45, 2.75) is 0 Å². The van der Waals surface area contributed by atoms with Gasteiger partial charge in [0, 0.05) is 17.7 Å². The van der Waals surface area contributed by atoms with E-state index in [9.17, 15) is 10.1 Å². The summed E-state index contributed by atoms with van der Waals surface area (Å²) in [6.45, 7) is 0. The van der Waals surface area contributed by atoms with Gasteiger partial charge in [-0.15, -0.1) is 10.2 Å². The molecule has 0 heterocycles. The van der Waals surface area contributed by atoms with Crippen LogP contribution in [0.2, 0.25) is 0 Å². The molecule has 0 fully saturated rings. The van der Waals surface area contributed by atoms with Gasteiger partial charge >= 0.3 is 0 Å². The maximum atomic E-state index is 10.9. The molecule has 0 aliphatic carbocycles. The van der Waals surface area contributed by atoms with Crippen LogP contribution in [0.5, 0.6) is 11.5 Å². The van der Waals surface area contributed by atoms with Gasteiger partial charge in [-0.25, -0.2) is 0 Å². The average molecular weight is 363 g/mol. The van der Waals surface area contributed by atoms with Crippen LogP contribution in [0.15, 0.2) is 77.0 Å². The van der Waals surface area contributed by atoms with Crippen molar-refractivity contribution >= 4 is 17.1 Å². The Kier molecular flexibility index (Phi) is 5.41. The summed E-state index contributed by atoms with van der Waals surface area (Å²) < 4.78 is 10.7. The Labute approximate surface area is 156 Å². The molecule has 0 bridgehead atoms. The average Bonchev–Trinajstić information content (AvgIpc) is 2.72. The first-order chi connectivity index (χ1) is 13.1. The van der Waals surface area contributed by atoms with Crippen LogP contribution in [0, 0.1) is 10.1 Å². The molecule has 0 aliphatic rings. The van der Waals surface area contributed by atoms with Crippen molar-refractivity contribution < 1.29 is 14.4 Å². The minimum absolute atomic E-state index is 0.0267. The maximum Gasteiger partial charge on any atom is 0.269 e. The van der Waals surface area contributed by atoms with Gasteiger partial charge < -0.3 is 9.47 Å². The molecule has 0 unspecified atom stereocenters. The van der Waals surface area contributed by atoms with E-state index >= 15 is 0 Å². The third-order valence-corrected chi connectivity index (χ3v) is 3.95. The van der Waals surface area contributed by atoms with Crippen molar-refractivity contribution in [1.29, 1.82) is 0 Å². The van der Waals surface area contributed by atoms with Gasteiger partial charge in [0.2, 0.25) is 0 Å². The molecule has 0 amide bonds. The van der Waals surface area contributed by atoms with Gasteiger partial charge in [0.1, 0.15) is 22.9 Å². The summed E-state index contributed by atoms with van der Waals surface area (Å²) in [4.78, 5) is 10.4. The molecular weight excluding hydrogens is 346 g/mol. The number of rotatable bonds is 6. The first kappa shape index (κ1) is 18.1. The van der Waals surface area contributed by atoms with Crippen LogP contribution in [0.1, 0.15) is 0 Å². The predicted octanol–water partition coefficient (Wildman–Crippen LogP) is 5.69. The van der Waals surface area contributed by atoms with Crippen molar-refractivity contribution in [2.75, 3.05) is 14.2 Å². The van der Waals surface area contributed by atoms with Crippen LogP contribution in [-0.4, -0.2) is 19.1 Å². The zero-order chi connectivity index (χ0) is 19.2. The van der Waals surface area contributed by atoms with Gasteiger partial charge in [-0.2, -0.15) is 0 Å². The van der Waals surface area contributed by atoms with E-state index < -0.39 is 4.92 Å². The molecule has 0 atom stereocenters. The van der Waals surface area contributed by atoms with E-state index in [1.165, 1.54) is 12.1 Å². The highest BCUT2D eigenvalue weighted by atomic mass is 16.6. The van der Waals surface area contributed by atoms with Gasteiger partial charge in [-0.3, -0.25) is 10.1 Å². The van der Waals surface area contributed by atoms with Crippen LogP contribution in [0.4, 0.5) is 17.1 Å². The Balaban J connectivity index is 2.06. The molecule has 27 heavy (non-hydrogen) atoms. The Morgan fingerprint density at radius 1 is 0.815 bits per heavy atom. The highest BCUT2D eigenvalue weighted by molar-refractivity contribution is 5.80. The second-order valence-corrected chi connectivity index (χ2v) is 5.53. The van der Waals surface area contributed by atoms with Crippen molar-refractivity contribution in [3.63, 3.8) is 0 Å². The molecule has 7 nitrogen and oxygen atoms in total. The highest BCUT2D eigenvalue weighted by Gasteiger charge is 2.13. The van der Waals surface area contributed by atoms with Crippen molar-refractivity contribution in [3.8, 4) is 22.6 Å². The highest BCUT2D eigenvalue weighted by Crippen LogP contribution is 2.40. The van der Waals surface area contributed by atoms with Gasteiger partial charge in [-0.1, -0.05) is 24.3 Å². The largest absolute Gasteiger partial charge is 0.494 e. The predicted molar refractivity (Wildman–Crippen MR) is 102 cm³/mol. The summed E-state index contributed by atoms with van der Waals surface area (Å²) in [5, 5.41) is 19.6. The monoisotopic (exact) mass is 363 g/mol. The summed E-state index contributed by atoms with van der Waals surface area (Å²) in [5.74, 6) is 1.15. The number of azo groups is 1. The van der Waals surface area contributed by atoms with Crippen LogP contribution in [-0.2, 0) is 0 Å². The SMILES string of the molecule is COc1ccccc1N=Nc1c(OC)cccc1-c1ccc([N+](=O)[O-])cc1. The molecule has 3 rings (SSSR count). The van der Waals surface area contributed by atoms with Crippen molar-refractivity contribution in [1.82, 2.24) is 0 Å². The zero-order valence-corrected chi connectivity index (χ0v) is 14.8. The molecular formula is C20H17N3O4. The van der Waals surface area contributed by atoms with Gasteiger partial charge in [0.15, 0.2) is 0 Å². The van der Waals surface area contributed by atoms with Crippen molar-refractivity contribution in [2.24, 2.45) is 10.2 Å². The Hall–Kier alpha value is -3.74. The lowest BCUT2D eigenvalue weighted by Crippen LogP contribution is -1.89. The number of ether oxygens (including phenoxy) is 2. The van der Waals surface area contributed by atoms with E-state index in [-0.39, 0.29) is 5.69 Å². The molecule has 0 N–H and O–H groups in total. The standard InChI is InChI=1S/C20H17N3O4/c1-26-18-8-4-3-7-17(18)21-22-20-16(6-5-9-19(20)27-2)14-10-12-15(13-11-14)23(24)25/h3-13H,1-2H3. The number of para-hydroxylation sites is 1. The van der Waals surface area contributed by atoms with Crippen LogP contribution >= 0.6 is 0 Å². The smallest absolute Gasteiger partial charge is 0.269 e. The van der Waals surface area contributed by atoms with E-state index in [1.807, 2.05) is 24.3 Å². The fraction of sp³-hybridized carbons (Fsp3) is 0.100. The fourth-order valence-corrected chi connectivity index (χ4v) is 2.60. The topological polar surface area (TPSA) is 86.3 Å². The number of benzene rings is 3. The fourth-order valence-electron chi connectivity index (χ4n) is 2.60. The molecule has 0 saturated carbocycles. The van der Waals surface area contributed by atoms with E-state index in [2.05, 4.69) is 10.2 Å². The molecule has 0 spiro atoms. The molecule has 0 aromatic heterocycles. The lowest BCUT2D eigenvalue weighted by atomic mass is 10.0. The molecule has 3 aromatic carbocycles. The first-order valence-corrected chi connectivity index (χ1v) is 8.10.